The monoisotopic (exact) mass is 803 g/mol. The molecule has 6 heteroatoms. The number of unbranched alkanes of at least 4 members (excludes halogenated alkanes) is 30. The molecule has 1 atom stereocenters. The van der Waals surface area contributed by atoms with Crippen LogP contribution in [0.5, 0.6) is 0 Å². The van der Waals surface area contributed by atoms with Gasteiger partial charge in [-0.05, 0) is 70.6 Å². The Kier molecular flexibility index (Phi) is 44.9. The van der Waals surface area contributed by atoms with Crippen molar-refractivity contribution in [2.24, 2.45) is 0 Å². The Labute approximate surface area is 353 Å². The van der Waals surface area contributed by atoms with E-state index in [1.165, 1.54) is 154 Å². The predicted molar refractivity (Wildman–Crippen MR) is 243 cm³/mol. The van der Waals surface area contributed by atoms with Crippen LogP contribution in [0.25, 0.3) is 0 Å². The highest BCUT2D eigenvalue weighted by atomic mass is 16.6. The first-order valence-electron chi connectivity index (χ1n) is 24.8. The molecule has 0 aromatic heterocycles. The van der Waals surface area contributed by atoms with E-state index in [0.29, 0.717) is 19.3 Å². The van der Waals surface area contributed by atoms with E-state index in [9.17, 15) is 14.4 Å². The van der Waals surface area contributed by atoms with Gasteiger partial charge in [0, 0.05) is 19.3 Å². The van der Waals surface area contributed by atoms with Gasteiger partial charge in [0.2, 0.25) is 0 Å². The van der Waals surface area contributed by atoms with Crippen LogP contribution < -0.4 is 0 Å². The molecule has 0 radical (unpaired) electrons. The van der Waals surface area contributed by atoms with Gasteiger partial charge >= 0.3 is 17.9 Å². The third-order valence-electron chi connectivity index (χ3n) is 10.9. The Morgan fingerprint density at radius 1 is 0.333 bits per heavy atom. The van der Waals surface area contributed by atoms with Crippen molar-refractivity contribution in [3.05, 3.63) is 24.3 Å². The number of rotatable bonds is 45. The molecule has 0 rings (SSSR count). The quantitative estimate of drug-likeness (QED) is 0.0264. The Morgan fingerprint density at radius 3 is 0.895 bits per heavy atom. The fourth-order valence-electron chi connectivity index (χ4n) is 7.14. The molecule has 0 aromatic carbocycles. The van der Waals surface area contributed by atoms with E-state index in [4.69, 9.17) is 14.2 Å². The average molecular weight is 803 g/mol. The number of carbonyl (C=O) groups excluding carboxylic acids is 3. The minimum atomic E-state index is -0.773. The number of carbonyl (C=O) groups is 3. The van der Waals surface area contributed by atoms with Gasteiger partial charge < -0.3 is 14.2 Å². The van der Waals surface area contributed by atoms with E-state index in [1.807, 2.05) is 0 Å². The molecule has 0 amide bonds. The molecule has 6 nitrogen and oxygen atoms in total. The lowest BCUT2D eigenvalue weighted by atomic mass is 10.1. The fourth-order valence-corrected chi connectivity index (χ4v) is 7.14. The highest BCUT2D eigenvalue weighted by molar-refractivity contribution is 5.71. The maximum absolute atomic E-state index is 12.7. The fraction of sp³-hybridized carbons (Fsp3) is 0.863. The topological polar surface area (TPSA) is 78.9 Å². The Balaban J connectivity index is 4.36. The molecule has 0 saturated heterocycles. The second-order valence-electron chi connectivity index (χ2n) is 16.7. The zero-order valence-corrected chi connectivity index (χ0v) is 38.1. The van der Waals surface area contributed by atoms with E-state index in [0.717, 1.165) is 70.6 Å². The Hall–Kier alpha value is -2.11. The second-order valence-corrected chi connectivity index (χ2v) is 16.7. The predicted octanol–water partition coefficient (Wildman–Crippen LogP) is 16.0. The van der Waals surface area contributed by atoms with Crippen LogP contribution in [-0.2, 0) is 28.6 Å². The Morgan fingerprint density at radius 2 is 0.579 bits per heavy atom. The minimum absolute atomic E-state index is 0.0740. The van der Waals surface area contributed by atoms with Gasteiger partial charge in [-0.25, -0.2) is 0 Å². The van der Waals surface area contributed by atoms with Crippen molar-refractivity contribution < 1.29 is 28.6 Å². The van der Waals surface area contributed by atoms with Crippen molar-refractivity contribution in [3.63, 3.8) is 0 Å². The van der Waals surface area contributed by atoms with Gasteiger partial charge in [-0.15, -0.1) is 0 Å². The Bertz CT molecular complexity index is 927. The number of esters is 3. The van der Waals surface area contributed by atoms with Crippen LogP contribution in [0.2, 0.25) is 0 Å². The molecular formula is C51H94O6. The highest BCUT2D eigenvalue weighted by Gasteiger charge is 2.19. The van der Waals surface area contributed by atoms with Crippen molar-refractivity contribution in [1.82, 2.24) is 0 Å². The summed E-state index contributed by atoms with van der Waals surface area (Å²) in [5.74, 6) is -0.883. The van der Waals surface area contributed by atoms with Gasteiger partial charge in [0.25, 0.3) is 0 Å². The molecule has 0 heterocycles. The van der Waals surface area contributed by atoms with Gasteiger partial charge in [-0.3, -0.25) is 14.4 Å². The molecular weight excluding hydrogens is 709 g/mol. The number of ether oxygens (including phenoxy) is 3. The summed E-state index contributed by atoms with van der Waals surface area (Å²) in [4.78, 5) is 37.8. The van der Waals surface area contributed by atoms with Gasteiger partial charge in [0.15, 0.2) is 6.10 Å². The van der Waals surface area contributed by atoms with Crippen molar-refractivity contribution >= 4 is 17.9 Å². The molecule has 57 heavy (non-hydrogen) atoms. The van der Waals surface area contributed by atoms with E-state index in [2.05, 4.69) is 45.1 Å². The van der Waals surface area contributed by atoms with Crippen molar-refractivity contribution in [2.75, 3.05) is 13.2 Å². The van der Waals surface area contributed by atoms with Crippen LogP contribution in [0, 0.1) is 0 Å². The van der Waals surface area contributed by atoms with E-state index in [1.54, 1.807) is 0 Å². The van der Waals surface area contributed by atoms with Gasteiger partial charge in [-0.2, -0.15) is 0 Å². The number of allylic oxidation sites excluding steroid dienone is 4. The minimum Gasteiger partial charge on any atom is -0.462 e. The molecule has 0 aliphatic rings. The summed E-state index contributed by atoms with van der Waals surface area (Å²) in [6, 6.07) is 0. The van der Waals surface area contributed by atoms with E-state index < -0.39 is 6.10 Å². The lowest BCUT2D eigenvalue weighted by molar-refractivity contribution is -0.167. The molecule has 334 valence electrons. The van der Waals surface area contributed by atoms with Crippen molar-refractivity contribution in [2.45, 2.75) is 271 Å². The largest absolute Gasteiger partial charge is 0.462 e. The first kappa shape index (κ1) is 54.9. The summed E-state index contributed by atoms with van der Waals surface area (Å²) in [7, 11) is 0. The van der Waals surface area contributed by atoms with Crippen LogP contribution in [0.1, 0.15) is 265 Å². The van der Waals surface area contributed by atoms with Crippen LogP contribution in [0.4, 0.5) is 0 Å². The SMILES string of the molecule is CCCCCC/C=C\CCCCCCCC(=O)OC(COC(=O)CCCCCCC/C=C\CCCCCCCC)COC(=O)CCCCCCCCCCCCC. The van der Waals surface area contributed by atoms with Gasteiger partial charge in [-0.1, -0.05) is 199 Å². The lowest BCUT2D eigenvalue weighted by Crippen LogP contribution is -2.30. The average Bonchev–Trinajstić information content (AvgIpc) is 3.21. The molecule has 0 aliphatic carbocycles. The molecule has 0 N–H and O–H groups in total. The van der Waals surface area contributed by atoms with Gasteiger partial charge in [0.05, 0.1) is 0 Å². The normalized spacial score (nSPS) is 12.1. The molecule has 0 spiro atoms. The molecule has 0 fully saturated rings. The lowest BCUT2D eigenvalue weighted by Gasteiger charge is -2.18. The second kappa shape index (κ2) is 46.6. The molecule has 1 unspecified atom stereocenters. The summed E-state index contributed by atoms with van der Waals surface area (Å²) < 4.78 is 16.7. The zero-order chi connectivity index (χ0) is 41.5. The summed E-state index contributed by atoms with van der Waals surface area (Å²) in [6.45, 7) is 6.61. The van der Waals surface area contributed by atoms with Crippen molar-refractivity contribution in [3.8, 4) is 0 Å². The van der Waals surface area contributed by atoms with Gasteiger partial charge in [0.1, 0.15) is 13.2 Å². The first-order valence-corrected chi connectivity index (χ1v) is 24.8. The van der Waals surface area contributed by atoms with Crippen LogP contribution in [0.15, 0.2) is 24.3 Å². The maximum Gasteiger partial charge on any atom is 0.306 e. The van der Waals surface area contributed by atoms with Crippen LogP contribution in [-0.4, -0.2) is 37.2 Å². The van der Waals surface area contributed by atoms with Crippen molar-refractivity contribution in [1.29, 1.82) is 0 Å². The number of hydrogen-bond acceptors (Lipinski definition) is 6. The standard InChI is InChI=1S/C51H94O6/c1-4-7-10-13-16-19-22-24-25-27-29-32-35-38-41-44-50(53)56-47-48(46-55-49(52)43-40-37-34-31-28-21-18-15-12-9-6-3)57-51(54)45-42-39-36-33-30-26-23-20-17-14-11-8-5-2/h20,23-25,48H,4-19,21-22,26-47H2,1-3H3/b23-20-,25-24-. The molecule has 0 bridgehead atoms. The molecule has 0 aromatic rings. The first-order chi connectivity index (χ1) is 28.0. The molecule has 0 aliphatic heterocycles. The summed E-state index contributed by atoms with van der Waals surface area (Å²) in [6.07, 6.45) is 51.5. The third kappa shape index (κ3) is 44.8. The van der Waals surface area contributed by atoms with Crippen LogP contribution in [0.3, 0.4) is 0 Å². The van der Waals surface area contributed by atoms with E-state index in [-0.39, 0.29) is 31.1 Å². The van der Waals surface area contributed by atoms with E-state index >= 15 is 0 Å². The zero-order valence-electron chi connectivity index (χ0n) is 38.1. The smallest absolute Gasteiger partial charge is 0.306 e. The number of hydrogen-bond donors (Lipinski definition) is 0. The summed E-state index contributed by atoms with van der Waals surface area (Å²) >= 11 is 0. The van der Waals surface area contributed by atoms with Crippen LogP contribution >= 0.6 is 0 Å². The maximum atomic E-state index is 12.7. The third-order valence-corrected chi connectivity index (χ3v) is 10.9. The summed E-state index contributed by atoms with van der Waals surface area (Å²) in [5.41, 5.74) is 0. The molecule has 0 saturated carbocycles. The summed E-state index contributed by atoms with van der Waals surface area (Å²) in [5, 5.41) is 0. The highest BCUT2D eigenvalue weighted by Crippen LogP contribution is 2.15.